The number of nitrogens with one attached hydrogen (secondary N) is 1. The molecule has 2 heterocycles. The number of nitriles is 1. The maximum Gasteiger partial charge on any atom is 0.222 e. The third-order valence-corrected chi connectivity index (χ3v) is 3.61. The van der Waals surface area contributed by atoms with Gasteiger partial charge in [0.15, 0.2) is 0 Å². The van der Waals surface area contributed by atoms with E-state index in [-0.39, 0.29) is 18.2 Å². The molecule has 0 aliphatic carbocycles. The van der Waals surface area contributed by atoms with E-state index in [0.29, 0.717) is 6.54 Å². The average molecular weight is 271 g/mol. The lowest BCUT2D eigenvalue weighted by Gasteiger charge is -2.07. The van der Waals surface area contributed by atoms with Gasteiger partial charge in [-0.1, -0.05) is 12.1 Å². The summed E-state index contributed by atoms with van der Waals surface area (Å²) in [6.07, 6.45) is 1.87. The summed E-state index contributed by atoms with van der Waals surface area (Å²) in [5, 5.41) is 13.8. The summed E-state index contributed by atoms with van der Waals surface area (Å²) in [6, 6.07) is 11.5. The van der Waals surface area contributed by atoms with Crippen molar-refractivity contribution in [3.63, 3.8) is 0 Å². The van der Waals surface area contributed by atoms with Crippen LogP contribution < -0.4 is 5.32 Å². The summed E-state index contributed by atoms with van der Waals surface area (Å²) in [6.45, 7) is 0.391. The Bertz CT molecular complexity index is 560. The number of amides is 1. The first-order valence-electron chi connectivity index (χ1n) is 5.89. The minimum atomic E-state index is -0.372. The number of rotatable bonds is 5. The zero-order valence-electron chi connectivity index (χ0n) is 10.2. The van der Waals surface area contributed by atoms with E-state index in [2.05, 4.69) is 16.4 Å². The average Bonchev–Trinajstić information content (AvgIpc) is 2.97. The van der Waals surface area contributed by atoms with Crippen molar-refractivity contribution in [3.05, 3.63) is 52.5 Å². The van der Waals surface area contributed by atoms with Gasteiger partial charge in [0.25, 0.3) is 0 Å². The van der Waals surface area contributed by atoms with Crippen LogP contribution >= 0.6 is 11.3 Å². The van der Waals surface area contributed by atoms with Crippen LogP contribution in [0.5, 0.6) is 0 Å². The highest BCUT2D eigenvalue weighted by atomic mass is 32.1. The van der Waals surface area contributed by atoms with Gasteiger partial charge in [0.2, 0.25) is 5.91 Å². The van der Waals surface area contributed by atoms with Gasteiger partial charge in [0.1, 0.15) is 0 Å². The first kappa shape index (κ1) is 13.2. The molecule has 0 saturated carbocycles. The fourth-order valence-electron chi connectivity index (χ4n) is 1.65. The fourth-order valence-corrected chi connectivity index (χ4v) is 2.42. The van der Waals surface area contributed by atoms with E-state index in [1.807, 2.05) is 35.7 Å². The molecule has 0 saturated heterocycles. The smallest absolute Gasteiger partial charge is 0.222 e. The molecule has 0 fully saturated rings. The standard InChI is InChI=1S/C14H13N3OS/c15-9-11(13-5-3-7-19-13)8-14(18)17-10-12-4-1-2-6-16-12/h1-7,11H,8,10H2,(H,17,18). The van der Waals surface area contributed by atoms with Crippen molar-refractivity contribution in [2.75, 3.05) is 0 Å². The quantitative estimate of drug-likeness (QED) is 0.908. The molecule has 0 spiro atoms. The van der Waals surface area contributed by atoms with Gasteiger partial charge in [-0.3, -0.25) is 9.78 Å². The molecule has 0 aromatic carbocycles. The monoisotopic (exact) mass is 271 g/mol. The summed E-state index contributed by atoms with van der Waals surface area (Å²) in [5.41, 5.74) is 0.806. The first-order chi connectivity index (χ1) is 9.29. The molecule has 2 aromatic heterocycles. The van der Waals surface area contributed by atoms with Crippen molar-refractivity contribution in [1.82, 2.24) is 10.3 Å². The fraction of sp³-hybridized carbons (Fsp3) is 0.214. The van der Waals surface area contributed by atoms with E-state index in [1.165, 1.54) is 11.3 Å². The predicted octanol–water partition coefficient (Wildman–Crippen LogP) is 2.46. The molecule has 1 N–H and O–H groups in total. The van der Waals surface area contributed by atoms with Crippen LogP contribution in [0, 0.1) is 11.3 Å². The van der Waals surface area contributed by atoms with Gasteiger partial charge in [0.05, 0.1) is 24.2 Å². The van der Waals surface area contributed by atoms with E-state index < -0.39 is 0 Å². The maximum atomic E-state index is 11.8. The molecule has 2 rings (SSSR count). The SMILES string of the molecule is N#CC(CC(=O)NCc1ccccn1)c1cccs1. The Hall–Kier alpha value is -2.19. The number of pyridine rings is 1. The number of thiophene rings is 1. The highest BCUT2D eigenvalue weighted by molar-refractivity contribution is 7.10. The maximum absolute atomic E-state index is 11.8. The topological polar surface area (TPSA) is 65.8 Å². The van der Waals surface area contributed by atoms with Gasteiger partial charge >= 0.3 is 0 Å². The Morgan fingerprint density at radius 3 is 2.95 bits per heavy atom. The second-order valence-electron chi connectivity index (χ2n) is 4.00. The molecule has 0 aliphatic heterocycles. The zero-order chi connectivity index (χ0) is 13.5. The van der Waals surface area contributed by atoms with Crippen LogP contribution in [-0.2, 0) is 11.3 Å². The van der Waals surface area contributed by atoms with E-state index in [4.69, 9.17) is 5.26 Å². The summed E-state index contributed by atoms with van der Waals surface area (Å²) in [7, 11) is 0. The lowest BCUT2D eigenvalue weighted by atomic mass is 10.1. The number of hydrogen-bond acceptors (Lipinski definition) is 4. The molecular formula is C14H13N3OS. The van der Waals surface area contributed by atoms with Crippen molar-refractivity contribution in [1.29, 1.82) is 5.26 Å². The van der Waals surface area contributed by atoms with Crippen LogP contribution in [0.4, 0.5) is 0 Å². The zero-order valence-corrected chi connectivity index (χ0v) is 11.1. The third kappa shape index (κ3) is 3.90. The molecule has 4 nitrogen and oxygen atoms in total. The van der Waals surface area contributed by atoms with Gasteiger partial charge in [-0.15, -0.1) is 11.3 Å². The van der Waals surface area contributed by atoms with Gasteiger partial charge in [0, 0.05) is 17.5 Å². The Labute approximate surface area is 115 Å². The van der Waals surface area contributed by atoms with Crippen molar-refractivity contribution in [3.8, 4) is 6.07 Å². The molecule has 1 unspecified atom stereocenters. The second-order valence-corrected chi connectivity index (χ2v) is 4.98. The molecule has 0 aliphatic rings. The van der Waals surface area contributed by atoms with Crippen molar-refractivity contribution >= 4 is 17.2 Å². The van der Waals surface area contributed by atoms with E-state index in [9.17, 15) is 4.79 Å². The molecule has 5 heteroatoms. The second kappa shape index (κ2) is 6.66. The number of carbonyl (C=O) groups excluding carboxylic acids is 1. The predicted molar refractivity (Wildman–Crippen MR) is 73.4 cm³/mol. The van der Waals surface area contributed by atoms with Crippen molar-refractivity contribution in [2.24, 2.45) is 0 Å². The minimum absolute atomic E-state index is 0.134. The van der Waals surface area contributed by atoms with E-state index >= 15 is 0 Å². The van der Waals surface area contributed by atoms with Gasteiger partial charge in [-0.25, -0.2) is 0 Å². The Morgan fingerprint density at radius 2 is 2.32 bits per heavy atom. The Kier molecular flexibility index (Phi) is 4.65. The molecule has 0 radical (unpaired) electrons. The first-order valence-corrected chi connectivity index (χ1v) is 6.77. The molecule has 2 aromatic rings. The van der Waals surface area contributed by atoms with Crippen molar-refractivity contribution < 1.29 is 4.79 Å². The molecule has 0 bridgehead atoms. The minimum Gasteiger partial charge on any atom is -0.350 e. The molecule has 19 heavy (non-hydrogen) atoms. The largest absolute Gasteiger partial charge is 0.350 e. The normalized spacial score (nSPS) is 11.5. The highest BCUT2D eigenvalue weighted by Crippen LogP contribution is 2.23. The van der Waals surface area contributed by atoms with Gasteiger partial charge < -0.3 is 5.32 Å². The lowest BCUT2D eigenvalue weighted by molar-refractivity contribution is -0.121. The molecule has 1 amide bonds. The van der Waals surface area contributed by atoms with Crippen LogP contribution in [0.25, 0.3) is 0 Å². The Balaban J connectivity index is 1.86. The molecular weight excluding hydrogens is 258 g/mol. The Morgan fingerprint density at radius 1 is 1.42 bits per heavy atom. The van der Waals surface area contributed by atoms with Crippen molar-refractivity contribution in [2.45, 2.75) is 18.9 Å². The number of hydrogen-bond donors (Lipinski definition) is 1. The van der Waals surface area contributed by atoms with Crippen LogP contribution in [0.15, 0.2) is 41.9 Å². The van der Waals surface area contributed by atoms with Gasteiger partial charge in [-0.2, -0.15) is 5.26 Å². The van der Waals surface area contributed by atoms with Gasteiger partial charge in [-0.05, 0) is 23.6 Å². The third-order valence-electron chi connectivity index (χ3n) is 2.62. The molecule has 1 atom stereocenters. The lowest BCUT2D eigenvalue weighted by Crippen LogP contribution is -2.24. The summed E-state index contributed by atoms with van der Waals surface area (Å²) < 4.78 is 0. The molecule has 96 valence electrons. The number of aromatic nitrogens is 1. The van der Waals surface area contributed by atoms with Crippen LogP contribution in [-0.4, -0.2) is 10.9 Å². The van der Waals surface area contributed by atoms with E-state index in [1.54, 1.807) is 6.20 Å². The van der Waals surface area contributed by atoms with E-state index in [0.717, 1.165) is 10.6 Å². The highest BCUT2D eigenvalue weighted by Gasteiger charge is 2.16. The summed E-state index contributed by atoms with van der Waals surface area (Å²) in [5.74, 6) is -0.505. The summed E-state index contributed by atoms with van der Waals surface area (Å²) >= 11 is 1.50. The van der Waals surface area contributed by atoms with Crippen LogP contribution in [0.3, 0.4) is 0 Å². The van der Waals surface area contributed by atoms with Crippen LogP contribution in [0.2, 0.25) is 0 Å². The number of carbonyl (C=O) groups is 1. The number of nitrogens with zero attached hydrogens (tertiary/aromatic N) is 2. The summed E-state index contributed by atoms with van der Waals surface area (Å²) in [4.78, 5) is 16.8. The van der Waals surface area contributed by atoms with Crippen LogP contribution in [0.1, 0.15) is 22.9 Å².